The van der Waals surface area contributed by atoms with Gasteiger partial charge in [0.2, 0.25) is 0 Å². The molecule has 0 saturated heterocycles. The molecule has 0 aromatic heterocycles. The molecule has 0 bridgehead atoms. The van der Waals surface area contributed by atoms with Crippen molar-refractivity contribution < 1.29 is 8.95 Å². The van der Waals surface area contributed by atoms with Gasteiger partial charge >= 0.3 is 0 Å². The molecule has 136 valence electrons. The third-order valence-electron chi connectivity index (χ3n) is 4.64. The van der Waals surface area contributed by atoms with Crippen molar-refractivity contribution in [3.63, 3.8) is 0 Å². The Labute approximate surface area is 162 Å². The Hall–Kier alpha value is -2.72. The van der Waals surface area contributed by atoms with E-state index in [1.165, 1.54) is 0 Å². The summed E-state index contributed by atoms with van der Waals surface area (Å²) in [5, 5.41) is 0. The smallest absolute Gasteiger partial charge is 0.198 e. The van der Waals surface area contributed by atoms with Crippen molar-refractivity contribution in [3.8, 4) is 0 Å². The van der Waals surface area contributed by atoms with Gasteiger partial charge in [-0.3, -0.25) is 4.21 Å². The van der Waals surface area contributed by atoms with Crippen molar-refractivity contribution in [3.05, 3.63) is 102 Å². The normalized spacial score (nSPS) is 20.0. The van der Waals surface area contributed by atoms with E-state index in [4.69, 9.17) is 9.73 Å². The number of hydrogen-bond acceptors (Lipinski definition) is 3. The molecule has 27 heavy (non-hydrogen) atoms. The summed E-state index contributed by atoms with van der Waals surface area (Å²) >= 11 is 0. The second-order valence-corrected chi connectivity index (χ2v) is 8.08. The van der Waals surface area contributed by atoms with Crippen LogP contribution in [0.4, 0.5) is 0 Å². The maximum absolute atomic E-state index is 12.7. The highest BCUT2D eigenvalue weighted by molar-refractivity contribution is 7.85. The van der Waals surface area contributed by atoms with Crippen molar-refractivity contribution in [2.24, 2.45) is 4.99 Å². The lowest BCUT2D eigenvalue weighted by Gasteiger charge is -2.18. The predicted octanol–water partition coefficient (Wildman–Crippen LogP) is 5.01. The first-order chi connectivity index (χ1) is 13.2. The maximum atomic E-state index is 12.7. The average Bonchev–Trinajstić information content (AvgIpc) is 3.13. The first kappa shape index (κ1) is 17.7. The van der Waals surface area contributed by atoms with Gasteiger partial charge in [0.15, 0.2) is 12.0 Å². The molecule has 4 rings (SSSR count). The van der Waals surface area contributed by atoms with E-state index >= 15 is 0 Å². The molecule has 0 fully saturated rings. The first-order valence-corrected chi connectivity index (χ1v) is 10.3. The fraction of sp³-hybridized carbons (Fsp3) is 0.174. The van der Waals surface area contributed by atoms with E-state index in [1.807, 2.05) is 67.6 Å². The average molecular weight is 375 g/mol. The van der Waals surface area contributed by atoms with Crippen LogP contribution in [-0.2, 0) is 15.5 Å². The number of rotatable bonds is 5. The Morgan fingerprint density at radius 3 is 2.07 bits per heavy atom. The molecule has 3 nitrogen and oxygen atoms in total. The second kappa shape index (κ2) is 7.89. The van der Waals surface area contributed by atoms with Gasteiger partial charge in [-0.25, -0.2) is 4.99 Å². The number of benzene rings is 3. The van der Waals surface area contributed by atoms with E-state index in [0.29, 0.717) is 5.90 Å². The van der Waals surface area contributed by atoms with Crippen LogP contribution in [0.15, 0.2) is 94.8 Å². The molecular weight excluding hydrogens is 354 g/mol. The molecule has 0 radical (unpaired) electrons. The first-order valence-electron chi connectivity index (χ1n) is 8.99. The van der Waals surface area contributed by atoms with Crippen LogP contribution >= 0.6 is 0 Å². The number of aryl methyl sites for hydroxylation is 1. The summed E-state index contributed by atoms with van der Waals surface area (Å²) < 4.78 is 18.9. The van der Waals surface area contributed by atoms with Crippen molar-refractivity contribution in [1.82, 2.24) is 0 Å². The van der Waals surface area contributed by atoms with Crippen LogP contribution < -0.4 is 0 Å². The number of hydrogen-bond donors (Lipinski definition) is 0. The molecule has 0 spiro atoms. The summed E-state index contributed by atoms with van der Waals surface area (Å²) in [5.41, 5.74) is 3.33. The highest BCUT2D eigenvalue weighted by atomic mass is 32.2. The van der Waals surface area contributed by atoms with Crippen LogP contribution in [0.2, 0.25) is 0 Å². The van der Waals surface area contributed by atoms with E-state index in [9.17, 15) is 4.21 Å². The molecule has 1 unspecified atom stereocenters. The van der Waals surface area contributed by atoms with Gasteiger partial charge in [-0.1, -0.05) is 78.4 Å². The molecule has 1 aliphatic rings. The largest absolute Gasteiger partial charge is 0.469 e. The minimum atomic E-state index is -1.18. The molecule has 0 saturated carbocycles. The van der Waals surface area contributed by atoms with Gasteiger partial charge in [0.1, 0.15) is 11.8 Å². The lowest BCUT2D eigenvalue weighted by atomic mass is 9.97. The van der Waals surface area contributed by atoms with Gasteiger partial charge in [-0.05, 0) is 30.2 Å². The number of nitrogens with zero attached hydrogens (tertiary/aromatic N) is 1. The van der Waals surface area contributed by atoms with E-state index in [0.717, 1.165) is 21.6 Å². The highest BCUT2D eigenvalue weighted by Gasteiger charge is 2.34. The van der Waals surface area contributed by atoms with Gasteiger partial charge in [0.25, 0.3) is 0 Å². The van der Waals surface area contributed by atoms with Crippen molar-refractivity contribution >= 4 is 16.7 Å². The summed E-state index contributed by atoms with van der Waals surface area (Å²) in [4.78, 5) is 5.60. The van der Waals surface area contributed by atoms with Gasteiger partial charge in [-0.15, -0.1) is 0 Å². The van der Waals surface area contributed by atoms with Gasteiger partial charge in [0, 0.05) is 4.90 Å². The molecule has 4 heteroatoms. The van der Waals surface area contributed by atoms with Crippen LogP contribution in [0.1, 0.15) is 28.8 Å². The molecule has 0 aliphatic carbocycles. The summed E-state index contributed by atoms with van der Waals surface area (Å²) in [6.07, 6.45) is -0.196. The van der Waals surface area contributed by atoms with Gasteiger partial charge < -0.3 is 4.74 Å². The van der Waals surface area contributed by atoms with Crippen LogP contribution in [0.3, 0.4) is 0 Å². The Kier molecular flexibility index (Phi) is 5.16. The monoisotopic (exact) mass is 375 g/mol. The molecular formula is C23H21NO2S. The Bertz CT molecular complexity index is 953. The Morgan fingerprint density at radius 1 is 0.852 bits per heavy atom. The van der Waals surface area contributed by atoms with Crippen LogP contribution in [0.5, 0.6) is 0 Å². The minimum Gasteiger partial charge on any atom is -0.469 e. The zero-order chi connectivity index (χ0) is 18.6. The van der Waals surface area contributed by atoms with E-state index in [-0.39, 0.29) is 17.9 Å². The zero-order valence-electron chi connectivity index (χ0n) is 15.1. The molecule has 0 amide bonds. The minimum absolute atomic E-state index is 0.126. The molecule has 3 aromatic rings. The predicted molar refractivity (Wildman–Crippen MR) is 109 cm³/mol. The van der Waals surface area contributed by atoms with Gasteiger partial charge in [-0.2, -0.15) is 0 Å². The Balaban J connectivity index is 1.60. The molecule has 1 heterocycles. The van der Waals surface area contributed by atoms with Gasteiger partial charge in [0.05, 0.1) is 10.8 Å². The standard InChI is InChI=1S/C23H21NO2S/c1-17-12-14-20(15-13-17)27(25)16-21-24-22(18-8-4-2-5-9-18)23(26-21)19-10-6-3-7-11-19/h2-15,22-23H,16H2,1H3/t22-,23+,27?/m0/s1. The number of aliphatic imine (C=N–C) groups is 1. The Morgan fingerprint density at radius 2 is 1.44 bits per heavy atom. The second-order valence-electron chi connectivity index (χ2n) is 6.63. The molecule has 0 N–H and O–H groups in total. The third-order valence-corrected chi connectivity index (χ3v) is 5.95. The highest BCUT2D eigenvalue weighted by Crippen LogP contribution is 2.40. The van der Waals surface area contributed by atoms with Crippen molar-refractivity contribution in [2.45, 2.75) is 24.0 Å². The van der Waals surface area contributed by atoms with Crippen LogP contribution in [0.25, 0.3) is 0 Å². The summed E-state index contributed by atoms with van der Waals surface area (Å²) in [5.74, 6) is 0.840. The third kappa shape index (κ3) is 4.01. The zero-order valence-corrected chi connectivity index (χ0v) is 15.9. The van der Waals surface area contributed by atoms with E-state index < -0.39 is 10.8 Å². The lowest BCUT2D eigenvalue weighted by molar-refractivity contribution is 0.195. The van der Waals surface area contributed by atoms with E-state index in [1.54, 1.807) is 0 Å². The topological polar surface area (TPSA) is 38.7 Å². The fourth-order valence-corrected chi connectivity index (χ4v) is 4.19. The molecule has 3 atom stereocenters. The number of ether oxygens (including phenoxy) is 1. The summed E-state index contributed by atoms with van der Waals surface area (Å²) in [6, 6.07) is 27.9. The maximum Gasteiger partial charge on any atom is 0.198 e. The lowest BCUT2D eigenvalue weighted by Crippen LogP contribution is -2.13. The summed E-state index contributed by atoms with van der Waals surface area (Å²) in [6.45, 7) is 2.02. The molecule has 1 aliphatic heterocycles. The molecule has 3 aromatic carbocycles. The fourth-order valence-electron chi connectivity index (χ4n) is 3.21. The van der Waals surface area contributed by atoms with Crippen LogP contribution in [-0.4, -0.2) is 15.9 Å². The quantitative estimate of drug-likeness (QED) is 0.628. The van der Waals surface area contributed by atoms with Crippen molar-refractivity contribution in [1.29, 1.82) is 0 Å². The summed E-state index contributed by atoms with van der Waals surface area (Å²) in [7, 11) is -1.18. The van der Waals surface area contributed by atoms with E-state index in [2.05, 4.69) is 24.3 Å². The SMILES string of the molecule is Cc1ccc(S(=O)CC2=N[C@@H](c3ccccc3)[C@@H](c3ccccc3)O2)cc1. The van der Waals surface area contributed by atoms with Crippen molar-refractivity contribution in [2.75, 3.05) is 5.75 Å². The van der Waals surface area contributed by atoms with Crippen LogP contribution in [0, 0.1) is 6.92 Å².